The molecule has 184 valence electrons. The molecule has 0 radical (unpaired) electrons. The highest BCUT2D eigenvalue weighted by molar-refractivity contribution is 5.81. The number of amides is 2. The molecule has 0 fully saturated rings. The van der Waals surface area contributed by atoms with Crippen molar-refractivity contribution < 1.29 is 9.59 Å². The van der Waals surface area contributed by atoms with Gasteiger partial charge in [-0.2, -0.15) is 0 Å². The zero-order valence-electron chi connectivity index (χ0n) is 20.0. The van der Waals surface area contributed by atoms with Gasteiger partial charge < -0.3 is 32.7 Å². The molecule has 0 saturated carbocycles. The lowest BCUT2D eigenvalue weighted by atomic mass is 10.1. The number of nitrogens with two attached hydrogens (primary N) is 2. The van der Waals surface area contributed by atoms with Gasteiger partial charge in [0, 0.05) is 19.5 Å². The number of unbranched alkanes of at least 4 members (excludes halogenated alkanes) is 5. The normalized spacial score (nSPS) is 12.0. The molecule has 1 unspecified atom stereocenters. The van der Waals surface area contributed by atoms with Gasteiger partial charge >= 0.3 is 0 Å². The molecule has 1 atom stereocenters. The molecule has 0 spiro atoms. The van der Waals surface area contributed by atoms with Crippen molar-refractivity contribution in [2.45, 2.75) is 90.0 Å². The second-order valence-electron chi connectivity index (χ2n) is 8.26. The summed E-state index contributed by atoms with van der Waals surface area (Å²) in [6.07, 6.45) is 11.7. The minimum absolute atomic E-state index is 0.0801. The van der Waals surface area contributed by atoms with Crippen LogP contribution in [0.5, 0.6) is 0 Å². The maximum Gasteiger partial charge on any atom is 0.236 e. The Bertz CT molecular complexity index is 423. The highest BCUT2D eigenvalue weighted by atomic mass is 16.2. The van der Waals surface area contributed by atoms with Crippen molar-refractivity contribution in [2.75, 3.05) is 45.8 Å². The Morgan fingerprint density at radius 3 is 2.00 bits per heavy atom. The lowest BCUT2D eigenvalue weighted by Gasteiger charge is -2.12. The van der Waals surface area contributed by atoms with Gasteiger partial charge in [-0.05, 0) is 84.1 Å². The highest BCUT2D eigenvalue weighted by Gasteiger charge is 2.12. The van der Waals surface area contributed by atoms with Crippen LogP contribution in [0.25, 0.3) is 0 Å². The predicted molar refractivity (Wildman–Crippen MR) is 130 cm³/mol. The Hall–Kier alpha value is -1.22. The van der Waals surface area contributed by atoms with Crippen LogP contribution in [0.2, 0.25) is 0 Å². The Morgan fingerprint density at radius 2 is 1.32 bits per heavy atom. The van der Waals surface area contributed by atoms with Gasteiger partial charge in [-0.1, -0.05) is 26.2 Å². The van der Waals surface area contributed by atoms with Crippen molar-refractivity contribution in [3.63, 3.8) is 0 Å². The van der Waals surface area contributed by atoms with Crippen molar-refractivity contribution >= 4 is 11.8 Å². The molecule has 0 aliphatic carbocycles. The molecule has 0 saturated heterocycles. The van der Waals surface area contributed by atoms with E-state index in [0.717, 1.165) is 84.1 Å². The van der Waals surface area contributed by atoms with E-state index in [1.165, 1.54) is 12.8 Å². The number of carbonyl (C=O) groups is 2. The van der Waals surface area contributed by atoms with E-state index in [0.29, 0.717) is 25.9 Å². The summed E-state index contributed by atoms with van der Waals surface area (Å²) in [6.45, 7) is 8.16. The molecule has 0 aromatic carbocycles. The van der Waals surface area contributed by atoms with Crippen LogP contribution in [-0.2, 0) is 9.59 Å². The second-order valence-corrected chi connectivity index (χ2v) is 8.26. The monoisotopic (exact) mass is 442 g/mol. The smallest absolute Gasteiger partial charge is 0.236 e. The topological polar surface area (TPSA) is 134 Å². The average molecular weight is 443 g/mol. The SMILES string of the molecule is CCCCCCC(=O)NCCCCC(N)C(=O)NCCCNCCCCNCCCN. The van der Waals surface area contributed by atoms with Crippen LogP contribution in [0, 0.1) is 0 Å². The number of hydrogen-bond acceptors (Lipinski definition) is 6. The zero-order chi connectivity index (χ0) is 23.0. The lowest BCUT2D eigenvalue weighted by molar-refractivity contribution is -0.123. The summed E-state index contributed by atoms with van der Waals surface area (Å²) in [7, 11) is 0. The largest absolute Gasteiger partial charge is 0.356 e. The summed E-state index contributed by atoms with van der Waals surface area (Å²) >= 11 is 0. The van der Waals surface area contributed by atoms with Gasteiger partial charge in [-0.3, -0.25) is 9.59 Å². The summed E-state index contributed by atoms with van der Waals surface area (Å²) in [5.41, 5.74) is 11.4. The Balaban J connectivity index is 3.41. The number of carbonyl (C=O) groups excluding carboxylic acids is 2. The van der Waals surface area contributed by atoms with E-state index in [9.17, 15) is 9.59 Å². The first-order chi connectivity index (χ1) is 15.1. The summed E-state index contributed by atoms with van der Waals surface area (Å²) in [4.78, 5) is 23.7. The molecule has 0 heterocycles. The van der Waals surface area contributed by atoms with Crippen LogP contribution in [0.3, 0.4) is 0 Å². The van der Waals surface area contributed by atoms with Gasteiger partial charge in [-0.15, -0.1) is 0 Å². The first-order valence-corrected chi connectivity index (χ1v) is 12.5. The molecule has 0 aliphatic rings. The fourth-order valence-corrected chi connectivity index (χ4v) is 3.18. The Kier molecular flexibility index (Phi) is 22.5. The quantitative estimate of drug-likeness (QED) is 0.132. The summed E-state index contributed by atoms with van der Waals surface area (Å²) in [5, 5.41) is 12.6. The molecule has 31 heavy (non-hydrogen) atoms. The second kappa shape index (κ2) is 23.4. The molecule has 0 rings (SSSR count). The molecule has 8 nitrogen and oxygen atoms in total. The lowest BCUT2D eigenvalue weighted by Crippen LogP contribution is -2.41. The van der Waals surface area contributed by atoms with Crippen LogP contribution in [0.4, 0.5) is 0 Å². The molecule has 0 aromatic heterocycles. The van der Waals surface area contributed by atoms with Gasteiger partial charge in [0.15, 0.2) is 0 Å². The highest BCUT2D eigenvalue weighted by Crippen LogP contribution is 2.03. The molecule has 0 aliphatic heterocycles. The number of hydrogen-bond donors (Lipinski definition) is 6. The third-order valence-corrected chi connectivity index (χ3v) is 5.20. The van der Waals surface area contributed by atoms with E-state index in [-0.39, 0.29) is 11.8 Å². The maximum absolute atomic E-state index is 12.0. The molecule has 2 amide bonds. The van der Waals surface area contributed by atoms with Crippen molar-refractivity contribution in [3.05, 3.63) is 0 Å². The Labute approximate surface area is 190 Å². The van der Waals surface area contributed by atoms with Crippen LogP contribution in [0.15, 0.2) is 0 Å². The fourth-order valence-electron chi connectivity index (χ4n) is 3.18. The zero-order valence-corrected chi connectivity index (χ0v) is 20.0. The molecular weight excluding hydrogens is 392 g/mol. The van der Waals surface area contributed by atoms with Crippen molar-refractivity contribution in [1.29, 1.82) is 0 Å². The molecule has 0 aromatic rings. The van der Waals surface area contributed by atoms with E-state index in [2.05, 4.69) is 28.2 Å². The standard InChI is InChI=1S/C23H50N6O2/c1-2-3-4-5-13-22(30)28-19-7-6-12-21(25)23(31)29-20-11-18-27-16-9-8-15-26-17-10-14-24/h21,26-27H,2-20,24-25H2,1H3,(H,28,30)(H,29,31). The fraction of sp³-hybridized carbons (Fsp3) is 0.913. The summed E-state index contributed by atoms with van der Waals surface area (Å²) < 4.78 is 0. The molecule has 8 N–H and O–H groups in total. The molecular formula is C23H50N6O2. The minimum atomic E-state index is -0.468. The maximum atomic E-state index is 12.0. The third kappa shape index (κ3) is 21.8. The van der Waals surface area contributed by atoms with Crippen LogP contribution in [0.1, 0.15) is 84.0 Å². The van der Waals surface area contributed by atoms with Crippen LogP contribution < -0.4 is 32.7 Å². The van der Waals surface area contributed by atoms with Gasteiger partial charge in [0.25, 0.3) is 0 Å². The van der Waals surface area contributed by atoms with Gasteiger partial charge in [0.2, 0.25) is 11.8 Å². The molecule has 0 bridgehead atoms. The van der Waals surface area contributed by atoms with E-state index in [4.69, 9.17) is 11.5 Å². The summed E-state index contributed by atoms with van der Waals surface area (Å²) in [6, 6.07) is -0.468. The van der Waals surface area contributed by atoms with Gasteiger partial charge in [-0.25, -0.2) is 0 Å². The minimum Gasteiger partial charge on any atom is -0.356 e. The number of nitrogens with one attached hydrogen (secondary N) is 4. The number of rotatable bonds is 23. The van der Waals surface area contributed by atoms with E-state index in [1.807, 2.05) is 0 Å². The van der Waals surface area contributed by atoms with E-state index >= 15 is 0 Å². The van der Waals surface area contributed by atoms with Crippen molar-refractivity contribution in [2.24, 2.45) is 11.5 Å². The van der Waals surface area contributed by atoms with E-state index < -0.39 is 6.04 Å². The average Bonchev–Trinajstić information content (AvgIpc) is 2.77. The van der Waals surface area contributed by atoms with Crippen molar-refractivity contribution in [1.82, 2.24) is 21.3 Å². The first-order valence-electron chi connectivity index (χ1n) is 12.5. The van der Waals surface area contributed by atoms with E-state index in [1.54, 1.807) is 0 Å². The van der Waals surface area contributed by atoms with Gasteiger partial charge in [0.05, 0.1) is 6.04 Å². The van der Waals surface area contributed by atoms with Crippen LogP contribution in [-0.4, -0.2) is 63.7 Å². The third-order valence-electron chi connectivity index (χ3n) is 5.20. The van der Waals surface area contributed by atoms with Crippen molar-refractivity contribution in [3.8, 4) is 0 Å². The van der Waals surface area contributed by atoms with Gasteiger partial charge in [0.1, 0.15) is 0 Å². The first kappa shape index (κ1) is 29.8. The predicted octanol–water partition coefficient (Wildman–Crippen LogP) is 1.39. The molecule has 8 heteroatoms. The Morgan fingerprint density at radius 1 is 0.710 bits per heavy atom. The van der Waals surface area contributed by atoms with Crippen LogP contribution >= 0.6 is 0 Å². The summed E-state index contributed by atoms with van der Waals surface area (Å²) in [5.74, 6) is 0.0504.